The smallest absolute Gasteiger partial charge is 0.257 e. The van der Waals surface area contributed by atoms with Crippen molar-refractivity contribution < 1.29 is 27.1 Å². The van der Waals surface area contributed by atoms with Gasteiger partial charge in [0, 0.05) is 6.54 Å². The van der Waals surface area contributed by atoms with Gasteiger partial charge in [-0.2, -0.15) is 0 Å². The number of carbonyl (C=O) groups excluding carboxylic acids is 1. The lowest BCUT2D eigenvalue weighted by molar-refractivity contribution is 0.102. The lowest BCUT2D eigenvalue weighted by Gasteiger charge is -2.11. The van der Waals surface area contributed by atoms with E-state index in [1.165, 1.54) is 38.5 Å². The lowest BCUT2D eigenvalue weighted by Crippen LogP contribution is -2.26. The van der Waals surface area contributed by atoms with Gasteiger partial charge >= 0.3 is 0 Å². The Hall–Kier alpha value is -3.14. The summed E-state index contributed by atoms with van der Waals surface area (Å²) in [4.78, 5) is 12.1. The summed E-state index contributed by atoms with van der Waals surface area (Å²) in [5, 5.41) is 2.61. The molecule has 0 aliphatic rings. The van der Waals surface area contributed by atoms with Crippen molar-refractivity contribution in [3.05, 3.63) is 82.6 Å². The van der Waals surface area contributed by atoms with Gasteiger partial charge in [-0.05, 0) is 54.4 Å². The maximum Gasteiger partial charge on any atom is 0.257 e. The first-order valence-electron chi connectivity index (χ1n) is 9.81. The summed E-state index contributed by atoms with van der Waals surface area (Å²) >= 11 is 5.98. The van der Waals surface area contributed by atoms with Crippen LogP contribution in [0.25, 0.3) is 0 Å². The lowest BCUT2D eigenvalue weighted by atomic mass is 10.1. The predicted molar refractivity (Wildman–Crippen MR) is 124 cm³/mol. The van der Waals surface area contributed by atoms with Crippen LogP contribution in [-0.2, 0) is 16.4 Å². The molecule has 0 atom stereocenters. The summed E-state index contributed by atoms with van der Waals surface area (Å²) in [5.41, 5.74) is 0.843. The number of hydrogen-bond donors (Lipinski definition) is 2. The zero-order valence-corrected chi connectivity index (χ0v) is 19.5. The van der Waals surface area contributed by atoms with Crippen LogP contribution in [0.2, 0.25) is 5.02 Å². The van der Waals surface area contributed by atoms with E-state index in [0.29, 0.717) is 17.9 Å². The monoisotopic (exact) mass is 492 g/mol. The molecule has 174 valence electrons. The largest absolute Gasteiger partial charge is 0.493 e. The molecular weight excluding hydrogens is 471 g/mol. The Morgan fingerprint density at radius 3 is 2.39 bits per heavy atom. The number of halogens is 2. The van der Waals surface area contributed by atoms with Crippen molar-refractivity contribution in [1.29, 1.82) is 0 Å². The quantitative estimate of drug-likeness (QED) is 0.465. The zero-order chi connectivity index (χ0) is 24.0. The van der Waals surface area contributed by atoms with E-state index in [0.717, 1.165) is 11.6 Å². The standard InChI is InChI=1S/C23H22ClFN2O5S/c1-31-21-10-7-15(13-22(21)32-2)11-12-26-33(29,30)16-8-9-20(19(25)14-16)27-23(28)17-5-3-4-6-18(17)24/h3-10,13-14,26H,11-12H2,1-2H3,(H,27,28). The highest BCUT2D eigenvalue weighted by molar-refractivity contribution is 7.89. The van der Waals surface area contributed by atoms with E-state index in [4.69, 9.17) is 21.1 Å². The molecule has 7 nitrogen and oxygen atoms in total. The predicted octanol–water partition coefficient (Wildman–Crippen LogP) is 4.27. The minimum Gasteiger partial charge on any atom is -0.493 e. The second kappa shape index (κ2) is 10.7. The van der Waals surface area contributed by atoms with Gasteiger partial charge in [-0.1, -0.05) is 29.8 Å². The molecule has 0 aliphatic carbocycles. The molecule has 1 amide bonds. The molecule has 0 spiro atoms. The number of nitrogens with one attached hydrogen (secondary N) is 2. The zero-order valence-electron chi connectivity index (χ0n) is 17.9. The molecular formula is C23H22ClFN2O5S. The molecule has 10 heteroatoms. The van der Waals surface area contributed by atoms with Crippen LogP contribution in [0.4, 0.5) is 10.1 Å². The van der Waals surface area contributed by atoms with Crippen LogP contribution >= 0.6 is 11.6 Å². The number of sulfonamides is 1. The number of carbonyl (C=O) groups is 1. The average Bonchev–Trinajstić information content (AvgIpc) is 2.80. The minimum atomic E-state index is -3.97. The van der Waals surface area contributed by atoms with Crippen LogP contribution in [0.3, 0.4) is 0 Å². The van der Waals surface area contributed by atoms with Gasteiger partial charge in [0.15, 0.2) is 11.5 Å². The highest BCUT2D eigenvalue weighted by Crippen LogP contribution is 2.27. The third kappa shape index (κ3) is 6.01. The van der Waals surface area contributed by atoms with Crippen LogP contribution in [-0.4, -0.2) is 35.1 Å². The molecule has 0 aromatic heterocycles. The Morgan fingerprint density at radius 2 is 1.73 bits per heavy atom. The summed E-state index contributed by atoms with van der Waals surface area (Å²) in [6.07, 6.45) is 0.383. The van der Waals surface area contributed by atoms with Crippen molar-refractivity contribution in [2.75, 3.05) is 26.1 Å². The first-order chi connectivity index (χ1) is 15.7. The van der Waals surface area contributed by atoms with Crippen molar-refractivity contribution in [2.24, 2.45) is 0 Å². The fourth-order valence-electron chi connectivity index (χ4n) is 3.05. The molecule has 3 aromatic rings. The molecule has 0 saturated heterocycles. The van der Waals surface area contributed by atoms with Crippen molar-refractivity contribution in [1.82, 2.24) is 4.72 Å². The van der Waals surface area contributed by atoms with Crippen molar-refractivity contribution in [2.45, 2.75) is 11.3 Å². The highest BCUT2D eigenvalue weighted by atomic mass is 35.5. The van der Waals surface area contributed by atoms with Crippen LogP contribution in [0.5, 0.6) is 11.5 Å². The Bertz CT molecular complexity index is 1270. The maximum atomic E-state index is 14.5. The van der Waals surface area contributed by atoms with Crippen molar-refractivity contribution >= 4 is 33.2 Å². The number of methoxy groups -OCH3 is 2. The van der Waals surface area contributed by atoms with Crippen molar-refractivity contribution in [3.63, 3.8) is 0 Å². The SMILES string of the molecule is COc1ccc(CCNS(=O)(=O)c2ccc(NC(=O)c3ccccc3Cl)c(F)c2)cc1OC. The van der Waals surface area contributed by atoms with Gasteiger partial charge in [-0.3, -0.25) is 4.79 Å². The van der Waals surface area contributed by atoms with Crippen LogP contribution in [0.1, 0.15) is 15.9 Å². The Kier molecular flexibility index (Phi) is 7.91. The summed E-state index contributed by atoms with van der Waals surface area (Å²) in [5.74, 6) is -0.394. The molecule has 0 radical (unpaired) electrons. The van der Waals surface area contributed by atoms with Gasteiger partial charge in [-0.25, -0.2) is 17.5 Å². The van der Waals surface area contributed by atoms with Gasteiger partial charge in [0.1, 0.15) is 5.82 Å². The molecule has 0 bridgehead atoms. The highest BCUT2D eigenvalue weighted by Gasteiger charge is 2.18. The van der Waals surface area contributed by atoms with Crippen molar-refractivity contribution in [3.8, 4) is 11.5 Å². The third-order valence-corrected chi connectivity index (χ3v) is 6.56. The number of ether oxygens (including phenoxy) is 2. The first kappa shape index (κ1) is 24.5. The number of hydrogen-bond acceptors (Lipinski definition) is 5. The van der Waals surface area contributed by atoms with E-state index in [-0.39, 0.29) is 27.7 Å². The van der Waals surface area contributed by atoms with E-state index < -0.39 is 21.7 Å². The van der Waals surface area contributed by atoms with Gasteiger partial charge in [0.05, 0.1) is 35.4 Å². The molecule has 3 aromatic carbocycles. The summed E-state index contributed by atoms with van der Waals surface area (Å²) in [7, 11) is -0.926. The second-order valence-electron chi connectivity index (χ2n) is 6.91. The number of benzene rings is 3. The molecule has 3 rings (SSSR count). The molecule has 0 saturated carbocycles. The number of rotatable bonds is 9. The Balaban J connectivity index is 1.66. The van der Waals surface area contributed by atoms with Gasteiger partial charge in [-0.15, -0.1) is 0 Å². The topological polar surface area (TPSA) is 93.7 Å². The second-order valence-corrected chi connectivity index (χ2v) is 9.09. The van der Waals surface area contributed by atoms with Gasteiger partial charge in [0.25, 0.3) is 5.91 Å². The Labute approximate surface area is 196 Å². The van der Waals surface area contributed by atoms with Gasteiger partial charge in [0.2, 0.25) is 10.0 Å². The third-order valence-electron chi connectivity index (χ3n) is 4.77. The van der Waals surface area contributed by atoms with E-state index in [2.05, 4.69) is 10.0 Å². The molecule has 0 unspecified atom stereocenters. The summed E-state index contributed by atoms with van der Waals surface area (Å²) < 4.78 is 52.5. The normalized spacial score (nSPS) is 11.2. The summed E-state index contributed by atoms with van der Waals surface area (Å²) in [6, 6.07) is 14.9. The van der Waals surface area contributed by atoms with E-state index in [1.54, 1.807) is 30.3 Å². The molecule has 2 N–H and O–H groups in total. The fraction of sp³-hybridized carbons (Fsp3) is 0.174. The number of anilines is 1. The first-order valence-corrected chi connectivity index (χ1v) is 11.7. The number of amides is 1. The maximum absolute atomic E-state index is 14.5. The summed E-state index contributed by atoms with van der Waals surface area (Å²) in [6.45, 7) is 0.0877. The van der Waals surface area contributed by atoms with Crippen LogP contribution in [0.15, 0.2) is 65.6 Å². The molecule has 33 heavy (non-hydrogen) atoms. The van der Waals surface area contributed by atoms with E-state index in [1.807, 2.05) is 0 Å². The fourth-order valence-corrected chi connectivity index (χ4v) is 4.31. The van der Waals surface area contributed by atoms with E-state index in [9.17, 15) is 17.6 Å². The van der Waals surface area contributed by atoms with Crippen LogP contribution in [0, 0.1) is 5.82 Å². The minimum absolute atomic E-state index is 0.0877. The molecule has 0 heterocycles. The van der Waals surface area contributed by atoms with Crippen LogP contribution < -0.4 is 19.5 Å². The molecule has 0 fully saturated rings. The Morgan fingerprint density at radius 1 is 1.00 bits per heavy atom. The molecule has 0 aliphatic heterocycles. The average molecular weight is 493 g/mol. The van der Waals surface area contributed by atoms with Gasteiger partial charge < -0.3 is 14.8 Å². The van der Waals surface area contributed by atoms with E-state index >= 15 is 0 Å².